The number of carbonyl (C=O) groups excluding carboxylic acids is 2. The molecule has 2 atom stereocenters. The molecule has 2 aromatic carbocycles. The third-order valence-electron chi connectivity index (χ3n) is 7.41. The Balaban J connectivity index is -0.00000387. The Morgan fingerprint density at radius 1 is 0.915 bits per heavy atom. The minimum atomic E-state index is -4.80. The molecule has 268 valence electrons. The number of aromatic nitrogens is 1. The summed E-state index contributed by atoms with van der Waals surface area (Å²) in [7, 11) is 2.17. The fraction of sp³-hybridized carbons (Fsp3) is 0.433. The van der Waals surface area contributed by atoms with Gasteiger partial charge in [-0.15, -0.1) is 75.2 Å². The fourth-order valence-corrected chi connectivity index (χ4v) is 5.14. The molecule has 0 unspecified atom stereocenters. The number of benzene rings is 2. The van der Waals surface area contributed by atoms with E-state index in [1.807, 2.05) is 30.3 Å². The van der Waals surface area contributed by atoms with Crippen molar-refractivity contribution in [2.24, 2.45) is 0 Å². The summed E-state index contributed by atoms with van der Waals surface area (Å²) in [5.41, 5.74) is 14.3. The molecule has 0 radical (unpaired) electrons. The number of Topliss-reactive ketones (excluding diaryl/α,β-unsaturated/α-hetero) is 1. The predicted octanol–water partition coefficient (Wildman–Crippen LogP) is 1.82. The molecular weight excluding hydrogens is 727 g/mol. The molecule has 1 aromatic heterocycles. The molecule has 0 aliphatic rings. The predicted molar refractivity (Wildman–Crippen MR) is 186 cm³/mol. The van der Waals surface area contributed by atoms with Gasteiger partial charge >= 0.3 is 6.36 Å². The third-order valence-corrected chi connectivity index (χ3v) is 7.41. The number of halogens is 8. The number of carbonyl (C=O) groups is 2. The van der Waals surface area contributed by atoms with E-state index in [1.165, 1.54) is 24.3 Å². The quantitative estimate of drug-likeness (QED) is 0.165. The Kier molecular flexibility index (Phi) is 24.4. The molecular formula is C30H49Cl5F3N6O3+5. The molecule has 0 spiro atoms. The van der Waals surface area contributed by atoms with Crippen molar-refractivity contribution in [3.8, 4) is 5.75 Å². The number of ether oxygens (including phenoxy) is 1. The van der Waals surface area contributed by atoms with Gasteiger partial charge in [-0.2, -0.15) is 0 Å². The number of H-pyrrole nitrogens is 1. The van der Waals surface area contributed by atoms with Gasteiger partial charge in [0.2, 0.25) is 5.52 Å². The Morgan fingerprint density at radius 2 is 1.51 bits per heavy atom. The van der Waals surface area contributed by atoms with Crippen LogP contribution in [0, 0.1) is 0 Å². The summed E-state index contributed by atoms with van der Waals surface area (Å²) in [6, 6.07) is 13.5. The number of hydrogen-bond acceptors (Lipinski definition) is 3. The third kappa shape index (κ3) is 16.7. The highest BCUT2D eigenvalue weighted by atomic mass is 35.5. The van der Waals surface area contributed by atoms with Crippen LogP contribution >= 0.6 is 62.0 Å². The number of nitrogens with one attached hydrogen (secondary N) is 2. The summed E-state index contributed by atoms with van der Waals surface area (Å²) in [4.78, 5) is 29.9. The first-order chi connectivity index (χ1) is 19.9. The van der Waals surface area contributed by atoms with E-state index in [0.29, 0.717) is 12.0 Å². The summed E-state index contributed by atoms with van der Waals surface area (Å²) in [5, 5.41) is 3.82. The van der Waals surface area contributed by atoms with E-state index in [-0.39, 0.29) is 92.3 Å². The van der Waals surface area contributed by atoms with Crippen LogP contribution < -0.4 is 32.2 Å². The lowest BCUT2D eigenvalue weighted by atomic mass is 9.97. The van der Waals surface area contributed by atoms with E-state index >= 15 is 0 Å². The second-order valence-corrected chi connectivity index (χ2v) is 11.0. The number of hydrogen-bond donors (Lipinski definition) is 4. The van der Waals surface area contributed by atoms with Gasteiger partial charge < -0.3 is 31.7 Å². The van der Waals surface area contributed by atoms with Crippen LogP contribution in [-0.4, -0.2) is 74.4 Å². The molecule has 0 fully saturated rings. The van der Waals surface area contributed by atoms with Crippen molar-refractivity contribution in [3.05, 3.63) is 71.9 Å². The van der Waals surface area contributed by atoms with Crippen molar-refractivity contribution in [2.75, 3.05) is 39.8 Å². The number of para-hydroxylation sites is 1. The largest absolute Gasteiger partial charge is 0.573 e. The second-order valence-electron chi connectivity index (χ2n) is 11.0. The van der Waals surface area contributed by atoms with E-state index < -0.39 is 18.4 Å². The SMILES string of the molecule is C[N+](CC[NH3+])(CC[NH3+])CCC[C@H]([NH3+])C(=O)N[C@@H](Cc1ccc(OC(F)(F)F)cc1)C(=O)Cc1c[nH+]c2ccccc2c1.Cl.Cl.Cl.Cl.Cl. The Bertz CT molecular complexity index is 1340. The topological polar surface area (TPSA) is 152 Å². The van der Waals surface area contributed by atoms with Crippen LogP contribution in [0.5, 0.6) is 5.75 Å². The Labute approximate surface area is 304 Å². The first-order valence-corrected chi connectivity index (χ1v) is 14.2. The van der Waals surface area contributed by atoms with Gasteiger partial charge in [0.15, 0.2) is 18.0 Å². The summed E-state index contributed by atoms with van der Waals surface area (Å²) < 4.78 is 42.5. The van der Waals surface area contributed by atoms with Crippen LogP contribution in [0.4, 0.5) is 13.2 Å². The number of aromatic amines is 1. The van der Waals surface area contributed by atoms with E-state index in [9.17, 15) is 22.8 Å². The van der Waals surface area contributed by atoms with Crippen molar-refractivity contribution in [3.63, 3.8) is 0 Å². The molecule has 47 heavy (non-hydrogen) atoms. The number of alkyl halides is 3. The molecule has 9 nitrogen and oxygen atoms in total. The maximum absolute atomic E-state index is 13.5. The molecule has 1 heterocycles. The Hall–Kier alpha value is -2.13. The lowest BCUT2D eigenvalue weighted by molar-refractivity contribution is -0.918. The highest BCUT2D eigenvalue weighted by Crippen LogP contribution is 2.23. The van der Waals surface area contributed by atoms with Gasteiger partial charge in [-0.05, 0) is 36.2 Å². The van der Waals surface area contributed by atoms with Gasteiger partial charge in [0.25, 0.3) is 5.91 Å². The van der Waals surface area contributed by atoms with Crippen LogP contribution in [0.25, 0.3) is 10.9 Å². The minimum absolute atomic E-state index is 0. The molecule has 3 rings (SSSR count). The number of ketones is 1. The number of amides is 1. The molecule has 11 N–H and O–H groups in total. The average molecular weight is 776 g/mol. The molecule has 0 saturated carbocycles. The Morgan fingerprint density at radius 3 is 2.09 bits per heavy atom. The van der Waals surface area contributed by atoms with Crippen LogP contribution in [0.15, 0.2) is 60.8 Å². The zero-order chi connectivity index (χ0) is 30.8. The number of nitrogens with zero attached hydrogens (tertiary/aromatic N) is 1. The van der Waals surface area contributed by atoms with Gasteiger partial charge in [0.1, 0.15) is 31.9 Å². The normalized spacial score (nSPS) is 12.1. The highest BCUT2D eigenvalue weighted by molar-refractivity contribution is 5.92. The van der Waals surface area contributed by atoms with Crippen molar-refractivity contribution in [2.45, 2.75) is 44.1 Å². The number of pyridine rings is 1. The van der Waals surface area contributed by atoms with Crippen molar-refractivity contribution < 1.29 is 54.2 Å². The standard InChI is InChI=1S/C30H39F3N6O3.5ClH/c1-39(15-12-34,16-13-35)14-4-6-25(36)29(41)38-27(18-21-8-10-24(11-9-21)42-30(31,32)33)28(40)19-22-17-23-5-2-3-7-26(23)37-20-22;;;;;/h2-3,5,7-11,17,20,25,27H,4,6,12-16,18-19,34-36H2,1H3;5*1H/p+5/t25-,27-;;;;;/m0...../s1. The fourth-order valence-electron chi connectivity index (χ4n) is 5.14. The molecule has 0 aliphatic heterocycles. The minimum Gasteiger partial charge on any atom is -0.406 e. The van der Waals surface area contributed by atoms with Gasteiger partial charge in [0.05, 0.1) is 19.6 Å². The summed E-state index contributed by atoms with van der Waals surface area (Å²) in [6.45, 7) is 4.36. The van der Waals surface area contributed by atoms with E-state index in [1.54, 1.807) is 6.20 Å². The summed E-state index contributed by atoms with van der Waals surface area (Å²) >= 11 is 0. The van der Waals surface area contributed by atoms with Crippen LogP contribution in [0.1, 0.15) is 24.0 Å². The smallest absolute Gasteiger partial charge is 0.406 e. The number of rotatable bonds is 16. The van der Waals surface area contributed by atoms with Crippen molar-refractivity contribution in [1.29, 1.82) is 0 Å². The molecule has 0 aliphatic carbocycles. The summed E-state index contributed by atoms with van der Waals surface area (Å²) in [5.74, 6) is -0.908. The molecule has 17 heteroatoms. The molecule has 0 bridgehead atoms. The van der Waals surface area contributed by atoms with Gasteiger partial charge in [0, 0.05) is 36.3 Å². The maximum atomic E-state index is 13.5. The molecule has 3 aromatic rings. The van der Waals surface area contributed by atoms with Crippen molar-refractivity contribution >= 4 is 84.6 Å². The zero-order valence-electron chi connectivity index (χ0n) is 26.3. The van der Waals surface area contributed by atoms with Gasteiger partial charge in [-0.25, -0.2) is 4.98 Å². The van der Waals surface area contributed by atoms with E-state index in [0.717, 1.165) is 60.1 Å². The highest BCUT2D eigenvalue weighted by Gasteiger charge is 2.31. The number of fused-ring (bicyclic) bond motifs is 1. The monoisotopic (exact) mass is 773 g/mol. The van der Waals surface area contributed by atoms with Crippen LogP contribution in [0.2, 0.25) is 0 Å². The maximum Gasteiger partial charge on any atom is 0.573 e. The first kappa shape index (κ1) is 49.3. The second kappa shape index (κ2) is 23.3. The molecule has 1 amide bonds. The lowest BCUT2D eigenvalue weighted by Gasteiger charge is -2.32. The summed E-state index contributed by atoms with van der Waals surface area (Å²) in [6.07, 6.45) is -1.52. The average Bonchev–Trinajstić information content (AvgIpc) is 2.93. The van der Waals surface area contributed by atoms with Crippen molar-refractivity contribution in [1.82, 2.24) is 5.32 Å². The zero-order valence-corrected chi connectivity index (χ0v) is 30.3. The number of likely N-dealkylation sites (N-methyl/N-ethyl adjacent to an activating group) is 1. The number of quaternary nitrogens is 4. The van der Waals surface area contributed by atoms with E-state index in [4.69, 9.17) is 0 Å². The lowest BCUT2D eigenvalue weighted by Crippen LogP contribution is -2.69. The van der Waals surface area contributed by atoms with Crippen LogP contribution in [-0.2, 0) is 22.4 Å². The van der Waals surface area contributed by atoms with Gasteiger partial charge in [-0.3, -0.25) is 9.59 Å². The first-order valence-electron chi connectivity index (χ1n) is 14.2. The van der Waals surface area contributed by atoms with Gasteiger partial charge in [-0.1, -0.05) is 24.3 Å². The van der Waals surface area contributed by atoms with Crippen LogP contribution in [0.3, 0.4) is 0 Å². The molecule has 0 saturated heterocycles. The van der Waals surface area contributed by atoms with E-state index in [2.05, 4.69) is 39.3 Å².